The van der Waals surface area contributed by atoms with Crippen LogP contribution in [0.1, 0.15) is 73.5 Å². The molecule has 1 heterocycles. The Labute approximate surface area is 192 Å². The number of nitrogens with two attached hydrogens (primary N) is 1. The number of carbonyl (C=O) groups is 2. The first kappa shape index (κ1) is 24.2. The normalized spacial score (nSPS) is 14.5. The summed E-state index contributed by atoms with van der Waals surface area (Å²) in [6.07, 6.45) is 6.96. The third kappa shape index (κ3) is 6.53. The van der Waals surface area contributed by atoms with Crippen LogP contribution in [0.4, 0.5) is 0 Å². The van der Waals surface area contributed by atoms with Gasteiger partial charge in [-0.1, -0.05) is 57.7 Å². The van der Waals surface area contributed by atoms with Crippen molar-refractivity contribution in [2.24, 2.45) is 11.7 Å². The van der Waals surface area contributed by atoms with Gasteiger partial charge >= 0.3 is 5.97 Å². The molecule has 0 amide bonds. The molecule has 2 aromatic rings. The SMILES string of the molecule is CC(C)c1c(CC2CCCCC2)nc(SCC(=O)c2ccc(OC(=O)CN)cc2)[nH]c1=O. The number of esters is 1. The van der Waals surface area contributed by atoms with Crippen molar-refractivity contribution in [2.45, 2.75) is 63.4 Å². The lowest BCUT2D eigenvalue weighted by molar-refractivity contribution is -0.132. The largest absolute Gasteiger partial charge is 0.426 e. The topological polar surface area (TPSA) is 115 Å². The summed E-state index contributed by atoms with van der Waals surface area (Å²) in [7, 11) is 0. The number of hydrogen-bond donors (Lipinski definition) is 2. The van der Waals surface area contributed by atoms with Crippen LogP contribution < -0.4 is 16.0 Å². The minimum atomic E-state index is -0.538. The van der Waals surface area contributed by atoms with Crippen LogP contribution in [0.15, 0.2) is 34.2 Å². The molecule has 0 radical (unpaired) electrons. The van der Waals surface area contributed by atoms with Crippen molar-refractivity contribution < 1.29 is 14.3 Å². The summed E-state index contributed by atoms with van der Waals surface area (Å²) in [5.74, 6) is 0.514. The zero-order valence-corrected chi connectivity index (χ0v) is 19.5. The molecule has 1 aliphatic carbocycles. The van der Waals surface area contributed by atoms with Gasteiger partial charge in [0.15, 0.2) is 10.9 Å². The van der Waals surface area contributed by atoms with E-state index in [1.165, 1.54) is 43.9 Å². The Kier molecular flexibility index (Phi) is 8.64. The maximum Gasteiger partial charge on any atom is 0.325 e. The molecule has 8 heteroatoms. The van der Waals surface area contributed by atoms with E-state index in [4.69, 9.17) is 15.5 Å². The summed E-state index contributed by atoms with van der Waals surface area (Å²) in [5, 5.41) is 0.479. The number of ketones is 1. The number of nitrogens with one attached hydrogen (secondary N) is 1. The maximum absolute atomic E-state index is 12.8. The monoisotopic (exact) mass is 457 g/mol. The molecule has 1 aromatic carbocycles. The molecular formula is C24H31N3O4S. The van der Waals surface area contributed by atoms with Gasteiger partial charge in [-0.15, -0.1) is 0 Å². The number of aromatic amines is 1. The van der Waals surface area contributed by atoms with E-state index in [1.54, 1.807) is 24.3 Å². The fraction of sp³-hybridized carbons (Fsp3) is 0.500. The smallest absolute Gasteiger partial charge is 0.325 e. The van der Waals surface area contributed by atoms with Crippen LogP contribution in [0.25, 0.3) is 0 Å². The summed E-state index contributed by atoms with van der Waals surface area (Å²) >= 11 is 1.23. The summed E-state index contributed by atoms with van der Waals surface area (Å²) in [6, 6.07) is 6.33. The Morgan fingerprint density at radius 3 is 2.50 bits per heavy atom. The predicted molar refractivity (Wildman–Crippen MR) is 125 cm³/mol. The van der Waals surface area contributed by atoms with Gasteiger partial charge in [-0.3, -0.25) is 14.4 Å². The van der Waals surface area contributed by atoms with Crippen molar-refractivity contribution in [3.8, 4) is 5.75 Å². The molecule has 3 N–H and O–H groups in total. The maximum atomic E-state index is 12.8. The van der Waals surface area contributed by atoms with Gasteiger partial charge in [0, 0.05) is 11.1 Å². The van der Waals surface area contributed by atoms with Crippen molar-refractivity contribution in [1.29, 1.82) is 0 Å². The number of nitrogens with zero attached hydrogens (tertiary/aromatic N) is 1. The fourth-order valence-corrected chi connectivity index (χ4v) is 4.86. The molecule has 1 aromatic heterocycles. The van der Waals surface area contributed by atoms with E-state index in [2.05, 4.69) is 4.98 Å². The number of aromatic nitrogens is 2. The third-order valence-electron chi connectivity index (χ3n) is 5.71. The molecular weight excluding hydrogens is 426 g/mol. The van der Waals surface area contributed by atoms with E-state index in [0.29, 0.717) is 22.4 Å². The van der Waals surface area contributed by atoms with Crippen molar-refractivity contribution in [3.05, 3.63) is 51.4 Å². The lowest BCUT2D eigenvalue weighted by atomic mass is 9.84. The first-order chi connectivity index (χ1) is 15.4. The van der Waals surface area contributed by atoms with Gasteiger partial charge in [0.25, 0.3) is 5.56 Å². The molecule has 0 spiro atoms. The molecule has 1 saturated carbocycles. The molecule has 172 valence electrons. The van der Waals surface area contributed by atoms with Crippen LogP contribution in [-0.2, 0) is 11.2 Å². The van der Waals surface area contributed by atoms with Crippen LogP contribution >= 0.6 is 11.8 Å². The van der Waals surface area contributed by atoms with Gasteiger partial charge < -0.3 is 15.5 Å². The highest BCUT2D eigenvalue weighted by Crippen LogP contribution is 2.29. The summed E-state index contributed by atoms with van der Waals surface area (Å²) in [5.41, 5.74) is 7.24. The Balaban J connectivity index is 1.69. The van der Waals surface area contributed by atoms with E-state index in [9.17, 15) is 14.4 Å². The second-order valence-electron chi connectivity index (χ2n) is 8.51. The first-order valence-corrected chi connectivity index (χ1v) is 12.2. The van der Waals surface area contributed by atoms with Crippen molar-refractivity contribution >= 4 is 23.5 Å². The van der Waals surface area contributed by atoms with E-state index in [0.717, 1.165) is 17.7 Å². The zero-order valence-electron chi connectivity index (χ0n) is 18.7. The molecule has 0 bridgehead atoms. The van der Waals surface area contributed by atoms with Crippen LogP contribution in [0.2, 0.25) is 0 Å². The summed E-state index contributed by atoms with van der Waals surface area (Å²) < 4.78 is 5.02. The quantitative estimate of drug-likeness (QED) is 0.193. The van der Waals surface area contributed by atoms with Crippen LogP contribution in [0.3, 0.4) is 0 Å². The summed E-state index contributed by atoms with van der Waals surface area (Å²) in [6.45, 7) is 3.82. The van der Waals surface area contributed by atoms with E-state index >= 15 is 0 Å². The highest BCUT2D eigenvalue weighted by Gasteiger charge is 2.21. The summed E-state index contributed by atoms with van der Waals surface area (Å²) in [4.78, 5) is 44.2. The van der Waals surface area contributed by atoms with Gasteiger partial charge in [-0.2, -0.15) is 0 Å². The molecule has 3 rings (SSSR count). The van der Waals surface area contributed by atoms with Gasteiger partial charge in [0.1, 0.15) is 5.75 Å². The number of ether oxygens (including phenoxy) is 1. The molecule has 7 nitrogen and oxygen atoms in total. The van der Waals surface area contributed by atoms with Gasteiger partial charge in [0.2, 0.25) is 0 Å². The van der Waals surface area contributed by atoms with Gasteiger partial charge in [-0.05, 0) is 42.5 Å². The van der Waals surface area contributed by atoms with Crippen molar-refractivity contribution in [1.82, 2.24) is 9.97 Å². The first-order valence-electron chi connectivity index (χ1n) is 11.2. The average molecular weight is 458 g/mol. The van der Waals surface area contributed by atoms with E-state index in [1.807, 2.05) is 13.8 Å². The second-order valence-corrected chi connectivity index (χ2v) is 9.47. The van der Waals surface area contributed by atoms with E-state index < -0.39 is 5.97 Å². The minimum absolute atomic E-state index is 0.0948. The number of carbonyl (C=O) groups excluding carboxylic acids is 2. The number of hydrogen-bond acceptors (Lipinski definition) is 7. The van der Waals surface area contributed by atoms with Crippen LogP contribution in [-0.4, -0.2) is 34.0 Å². The van der Waals surface area contributed by atoms with Crippen molar-refractivity contribution in [2.75, 3.05) is 12.3 Å². The standard InChI is InChI=1S/C24H31N3O4S/c1-15(2)22-19(12-16-6-4-3-5-7-16)26-24(27-23(22)30)32-14-20(28)17-8-10-18(11-9-17)31-21(29)13-25/h8-11,15-16H,3-7,12-14,25H2,1-2H3,(H,26,27,30). The van der Waals surface area contributed by atoms with Gasteiger partial charge in [-0.25, -0.2) is 4.98 Å². The number of Topliss-reactive ketones (excluding diaryl/α,β-unsaturated/α-hetero) is 1. The van der Waals surface area contributed by atoms with Crippen molar-refractivity contribution in [3.63, 3.8) is 0 Å². The van der Waals surface area contributed by atoms with E-state index in [-0.39, 0.29) is 29.6 Å². The molecule has 1 fully saturated rings. The molecule has 0 atom stereocenters. The van der Waals surface area contributed by atoms with Gasteiger partial charge in [0.05, 0.1) is 18.0 Å². The lowest BCUT2D eigenvalue weighted by Crippen LogP contribution is -2.22. The number of H-pyrrole nitrogens is 1. The predicted octanol–water partition coefficient (Wildman–Crippen LogP) is 3.86. The Bertz CT molecular complexity index is 995. The minimum Gasteiger partial charge on any atom is -0.426 e. The number of rotatable bonds is 9. The number of benzene rings is 1. The Morgan fingerprint density at radius 2 is 1.88 bits per heavy atom. The van der Waals surface area contributed by atoms with Crippen LogP contribution in [0, 0.1) is 5.92 Å². The Hall–Kier alpha value is -2.45. The molecule has 0 saturated heterocycles. The third-order valence-corrected chi connectivity index (χ3v) is 6.58. The molecule has 0 aliphatic heterocycles. The molecule has 0 unspecified atom stereocenters. The zero-order chi connectivity index (χ0) is 23.1. The van der Waals surface area contributed by atoms with Crippen LogP contribution in [0.5, 0.6) is 5.75 Å². The molecule has 1 aliphatic rings. The highest BCUT2D eigenvalue weighted by molar-refractivity contribution is 7.99. The Morgan fingerprint density at radius 1 is 1.19 bits per heavy atom. The highest BCUT2D eigenvalue weighted by atomic mass is 32.2. The lowest BCUT2D eigenvalue weighted by Gasteiger charge is -2.22. The number of thioether (sulfide) groups is 1. The fourth-order valence-electron chi connectivity index (χ4n) is 4.09. The second kappa shape index (κ2) is 11.4. The average Bonchev–Trinajstić information content (AvgIpc) is 2.78. The molecule has 32 heavy (non-hydrogen) atoms.